The summed E-state index contributed by atoms with van der Waals surface area (Å²) in [5, 5.41) is 3.37. The van der Waals surface area contributed by atoms with E-state index in [4.69, 9.17) is 10.5 Å². The molecule has 0 unspecified atom stereocenters. The molecule has 14 heavy (non-hydrogen) atoms. The van der Waals surface area contributed by atoms with E-state index in [2.05, 4.69) is 17.4 Å². The molecule has 0 fully saturated rings. The van der Waals surface area contributed by atoms with Crippen LogP contribution in [0.5, 0.6) is 5.75 Å². The number of benzene rings is 1. The van der Waals surface area contributed by atoms with Gasteiger partial charge < -0.3 is 15.8 Å². The van der Waals surface area contributed by atoms with Gasteiger partial charge in [0, 0.05) is 18.8 Å². The normalized spacial score (nSPS) is 14.4. The third-order valence-corrected chi connectivity index (χ3v) is 2.40. The van der Waals surface area contributed by atoms with Crippen molar-refractivity contribution in [3.63, 3.8) is 0 Å². The Hall–Kier alpha value is -1.22. The molecule has 0 aliphatic carbocycles. The molecule has 0 saturated carbocycles. The number of nitrogens with one attached hydrogen (secondary N) is 1. The predicted molar refractivity (Wildman–Crippen MR) is 57.8 cm³/mol. The molecule has 1 aliphatic rings. The summed E-state index contributed by atoms with van der Waals surface area (Å²) in [6, 6.07) is 6.18. The number of rotatable bonds is 3. The molecule has 1 aromatic carbocycles. The molecule has 3 heteroatoms. The van der Waals surface area contributed by atoms with Gasteiger partial charge in [-0.3, -0.25) is 0 Å². The highest BCUT2D eigenvalue weighted by Gasteiger charge is 2.08. The van der Waals surface area contributed by atoms with E-state index in [1.165, 1.54) is 17.7 Å². The maximum Gasteiger partial charge on any atom is 0.119 e. The highest BCUT2D eigenvalue weighted by Crippen LogP contribution is 2.26. The number of anilines is 1. The molecular formula is C11H16N2O. The number of hydrogen-bond donors (Lipinski definition) is 2. The summed E-state index contributed by atoms with van der Waals surface area (Å²) in [6.07, 6.45) is 2.34. The lowest BCUT2D eigenvalue weighted by atomic mass is 10.0. The molecule has 1 aliphatic heterocycles. The van der Waals surface area contributed by atoms with E-state index in [0.717, 1.165) is 18.7 Å². The van der Waals surface area contributed by atoms with Gasteiger partial charge in [0.1, 0.15) is 12.4 Å². The zero-order valence-corrected chi connectivity index (χ0v) is 8.25. The molecule has 3 nitrogen and oxygen atoms in total. The second-order valence-electron chi connectivity index (χ2n) is 3.49. The molecule has 0 saturated heterocycles. The third kappa shape index (κ3) is 1.99. The molecule has 0 amide bonds. The van der Waals surface area contributed by atoms with Crippen molar-refractivity contribution in [3.8, 4) is 5.75 Å². The Balaban J connectivity index is 2.12. The number of aryl methyl sites for hydroxylation is 1. The van der Waals surface area contributed by atoms with Crippen molar-refractivity contribution < 1.29 is 4.74 Å². The third-order valence-electron chi connectivity index (χ3n) is 2.40. The van der Waals surface area contributed by atoms with Crippen molar-refractivity contribution in [2.24, 2.45) is 5.73 Å². The molecule has 0 bridgehead atoms. The quantitative estimate of drug-likeness (QED) is 0.760. The minimum absolute atomic E-state index is 0.565. The van der Waals surface area contributed by atoms with E-state index < -0.39 is 0 Å². The first-order chi connectivity index (χ1) is 6.90. The fourth-order valence-electron chi connectivity index (χ4n) is 1.72. The fraction of sp³-hybridized carbons (Fsp3) is 0.455. The van der Waals surface area contributed by atoms with E-state index in [-0.39, 0.29) is 0 Å². The van der Waals surface area contributed by atoms with Crippen LogP contribution in [-0.4, -0.2) is 19.7 Å². The van der Waals surface area contributed by atoms with E-state index in [9.17, 15) is 0 Å². The largest absolute Gasteiger partial charge is 0.492 e. The van der Waals surface area contributed by atoms with Crippen LogP contribution in [-0.2, 0) is 6.42 Å². The van der Waals surface area contributed by atoms with Gasteiger partial charge in [0.05, 0.1) is 0 Å². The van der Waals surface area contributed by atoms with Crippen LogP contribution >= 0.6 is 0 Å². The molecular weight excluding hydrogens is 176 g/mol. The zero-order valence-electron chi connectivity index (χ0n) is 8.25. The summed E-state index contributed by atoms with van der Waals surface area (Å²) in [4.78, 5) is 0. The Morgan fingerprint density at radius 1 is 1.43 bits per heavy atom. The van der Waals surface area contributed by atoms with E-state index in [1.54, 1.807) is 0 Å². The second-order valence-corrected chi connectivity index (χ2v) is 3.49. The summed E-state index contributed by atoms with van der Waals surface area (Å²) in [5.74, 6) is 0.929. The lowest BCUT2D eigenvalue weighted by Gasteiger charge is -2.18. The average Bonchev–Trinajstić information content (AvgIpc) is 2.26. The van der Waals surface area contributed by atoms with Crippen LogP contribution in [0.1, 0.15) is 12.0 Å². The minimum Gasteiger partial charge on any atom is -0.492 e. The van der Waals surface area contributed by atoms with Crippen molar-refractivity contribution in [2.45, 2.75) is 12.8 Å². The zero-order chi connectivity index (χ0) is 9.80. The average molecular weight is 192 g/mol. The molecule has 1 heterocycles. The van der Waals surface area contributed by atoms with Gasteiger partial charge in [-0.1, -0.05) is 0 Å². The van der Waals surface area contributed by atoms with Gasteiger partial charge in [0.2, 0.25) is 0 Å². The van der Waals surface area contributed by atoms with Gasteiger partial charge in [-0.05, 0) is 36.6 Å². The van der Waals surface area contributed by atoms with Crippen LogP contribution in [0, 0.1) is 0 Å². The van der Waals surface area contributed by atoms with Crippen LogP contribution in [0.15, 0.2) is 18.2 Å². The topological polar surface area (TPSA) is 47.3 Å². The summed E-state index contributed by atoms with van der Waals surface area (Å²) in [7, 11) is 0. The maximum atomic E-state index is 5.47. The molecule has 0 aromatic heterocycles. The first-order valence-electron chi connectivity index (χ1n) is 5.10. The van der Waals surface area contributed by atoms with Crippen molar-refractivity contribution >= 4 is 5.69 Å². The van der Waals surface area contributed by atoms with Crippen molar-refractivity contribution in [1.29, 1.82) is 0 Å². The predicted octanol–water partition coefficient (Wildman–Crippen LogP) is 1.38. The molecule has 0 spiro atoms. The summed E-state index contributed by atoms with van der Waals surface area (Å²) >= 11 is 0. The summed E-state index contributed by atoms with van der Waals surface area (Å²) in [5.41, 5.74) is 7.98. The lowest BCUT2D eigenvalue weighted by Crippen LogP contribution is -2.13. The number of ether oxygens (including phenoxy) is 1. The Morgan fingerprint density at radius 3 is 3.21 bits per heavy atom. The summed E-state index contributed by atoms with van der Waals surface area (Å²) < 4.78 is 5.47. The number of hydrogen-bond acceptors (Lipinski definition) is 3. The Bertz CT molecular complexity index is 312. The van der Waals surface area contributed by atoms with Gasteiger partial charge in [-0.15, -0.1) is 0 Å². The number of nitrogens with two attached hydrogens (primary N) is 1. The second kappa shape index (κ2) is 4.33. The Morgan fingerprint density at radius 2 is 2.36 bits per heavy atom. The van der Waals surface area contributed by atoms with Crippen LogP contribution in [0.4, 0.5) is 5.69 Å². The monoisotopic (exact) mass is 192 g/mol. The Kier molecular flexibility index (Phi) is 2.89. The van der Waals surface area contributed by atoms with Gasteiger partial charge in [-0.2, -0.15) is 0 Å². The lowest BCUT2D eigenvalue weighted by molar-refractivity contribution is 0.328. The van der Waals surface area contributed by atoms with Crippen LogP contribution in [0.3, 0.4) is 0 Å². The first-order valence-corrected chi connectivity index (χ1v) is 5.10. The molecule has 0 atom stereocenters. The van der Waals surface area contributed by atoms with Gasteiger partial charge in [0.15, 0.2) is 0 Å². The van der Waals surface area contributed by atoms with E-state index in [0.29, 0.717) is 13.2 Å². The molecule has 2 rings (SSSR count). The van der Waals surface area contributed by atoms with Gasteiger partial charge >= 0.3 is 0 Å². The summed E-state index contributed by atoms with van der Waals surface area (Å²) in [6.45, 7) is 2.23. The number of fused-ring (bicyclic) bond motifs is 1. The van der Waals surface area contributed by atoms with Gasteiger partial charge in [0.25, 0.3) is 0 Å². The van der Waals surface area contributed by atoms with Crippen LogP contribution < -0.4 is 15.8 Å². The minimum atomic E-state index is 0.565. The molecule has 76 valence electrons. The maximum absolute atomic E-state index is 5.47. The first kappa shape index (κ1) is 9.34. The standard InChI is InChI=1S/C11H16N2O/c12-5-7-14-10-3-4-11-9(8-10)2-1-6-13-11/h3-4,8,13H,1-2,5-7,12H2. The highest BCUT2D eigenvalue weighted by molar-refractivity contribution is 5.55. The molecule has 3 N–H and O–H groups in total. The van der Waals surface area contributed by atoms with Crippen LogP contribution in [0.2, 0.25) is 0 Å². The van der Waals surface area contributed by atoms with E-state index in [1.807, 2.05) is 6.07 Å². The van der Waals surface area contributed by atoms with Crippen molar-refractivity contribution in [2.75, 3.05) is 25.0 Å². The van der Waals surface area contributed by atoms with Crippen molar-refractivity contribution in [3.05, 3.63) is 23.8 Å². The Labute approximate surface area is 84.3 Å². The van der Waals surface area contributed by atoms with Gasteiger partial charge in [-0.25, -0.2) is 0 Å². The fourth-order valence-corrected chi connectivity index (χ4v) is 1.72. The van der Waals surface area contributed by atoms with Crippen LogP contribution in [0.25, 0.3) is 0 Å². The molecule has 0 radical (unpaired) electrons. The van der Waals surface area contributed by atoms with Crippen molar-refractivity contribution in [1.82, 2.24) is 0 Å². The van der Waals surface area contributed by atoms with E-state index >= 15 is 0 Å². The highest BCUT2D eigenvalue weighted by atomic mass is 16.5. The SMILES string of the molecule is NCCOc1ccc2c(c1)CCCN2. The smallest absolute Gasteiger partial charge is 0.119 e. The molecule has 1 aromatic rings.